The highest BCUT2D eigenvalue weighted by Crippen LogP contribution is 2.08. The van der Waals surface area contributed by atoms with Gasteiger partial charge in [-0.1, -0.05) is 12.1 Å². The van der Waals surface area contributed by atoms with E-state index >= 15 is 0 Å². The van der Waals surface area contributed by atoms with Gasteiger partial charge in [-0.25, -0.2) is 4.39 Å². The van der Waals surface area contributed by atoms with Crippen molar-refractivity contribution in [3.8, 4) is 0 Å². The summed E-state index contributed by atoms with van der Waals surface area (Å²) < 4.78 is 23.7. The predicted molar refractivity (Wildman–Crippen MR) is 75.8 cm³/mol. The van der Waals surface area contributed by atoms with E-state index in [1.165, 1.54) is 6.07 Å². The minimum atomic E-state index is -0.153. The van der Waals surface area contributed by atoms with Gasteiger partial charge < -0.3 is 14.5 Å². The lowest BCUT2D eigenvalue weighted by atomic mass is 10.1. The van der Waals surface area contributed by atoms with Crippen molar-refractivity contribution in [3.05, 3.63) is 59.3 Å². The van der Waals surface area contributed by atoms with Crippen LogP contribution in [0.15, 0.2) is 41.0 Å². The first kappa shape index (κ1) is 14.8. The molecule has 2 aromatic rings. The van der Waals surface area contributed by atoms with Gasteiger partial charge in [-0.3, -0.25) is 0 Å². The summed E-state index contributed by atoms with van der Waals surface area (Å²) in [6.07, 6.45) is 2.58. The van der Waals surface area contributed by atoms with E-state index in [0.29, 0.717) is 18.8 Å². The van der Waals surface area contributed by atoms with Crippen LogP contribution in [0.2, 0.25) is 0 Å². The van der Waals surface area contributed by atoms with Gasteiger partial charge in [-0.05, 0) is 49.2 Å². The summed E-state index contributed by atoms with van der Waals surface area (Å²) in [5.41, 5.74) is 1.78. The molecular formula is C16H20FNO2. The van der Waals surface area contributed by atoms with Crippen LogP contribution >= 0.6 is 0 Å². The van der Waals surface area contributed by atoms with Gasteiger partial charge in [0.05, 0.1) is 6.26 Å². The third-order valence-corrected chi connectivity index (χ3v) is 3.02. The fourth-order valence-corrected chi connectivity index (χ4v) is 1.92. The highest BCUT2D eigenvalue weighted by molar-refractivity contribution is 5.23. The first-order valence-electron chi connectivity index (χ1n) is 6.81. The third-order valence-electron chi connectivity index (χ3n) is 3.02. The first-order chi connectivity index (χ1) is 9.75. The van der Waals surface area contributed by atoms with Crippen molar-refractivity contribution >= 4 is 0 Å². The second-order valence-electron chi connectivity index (χ2n) is 4.75. The molecule has 0 aliphatic carbocycles. The highest BCUT2D eigenvalue weighted by atomic mass is 19.1. The molecule has 0 unspecified atom stereocenters. The molecule has 0 saturated carbocycles. The maximum absolute atomic E-state index is 13.1. The molecule has 1 N–H and O–H groups in total. The van der Waals surface area contributed by atoms with Crippen molar-refractivity contribution < 1.29 is 13.5 Å². The quantitative estimate of drug-likeness (QED) is 0.751. The molecule has 0 aliphatic rings. The van der Waals surface area contributed by atoms with E-state index in [9.17, 15) is 4.39 Å². The molecule has 20 heavy (non-hydrogen) atoms. The Kier molecular flexibility index (Phi) is 5.77. The van der Waals surface area contributed by atoms with Crippen molar-refractivity contribution in [3.63, 3.8) is 0 Å². The number of furan rings is 1. The molecule has 0 bridgehead atoms. The fourth-order valence-electron chi connectivity index (χ4n) is 1.92. The Labute approximate surface area is 118 Å². The summed E-state index contributed by atoms with van der Waals surface area (Å²) in [5.74, 6) is 0.694. The Morgan fingerprint density at radius 2 is 2.20 bits per heavy atom. The summed E-state index contributed by atoms with van der Waals surface area (Å²) in [7, 11) is 0. The van der Waals surface area contributed by atoms with Crippen molar-refractivity contribution in [1.82, 2.24) is 5.32 Å². The average molecular weight is 277 g/mol. The van der Waals surface area contributed by atoms with Crippen LogP contribution in [0, 0.1) is 12.7 Å². The molecule has 0 atom stereocenters. The average Bonchev–Trinajstić information content (AvgIpc) is 2.95. The molecule has 0 fully saturated rings. The van der Waals surface area contributed by atoms with E-state index in [2.05, 4.69) is 5.32 Å². The lowest BCUT2D eigenvalue weighted by Gasteiger charge is -2.06. The Bertz CT molecular complexity index is 511. The molecule has 1 aromatic heterocycles. The molecule has 0 aliphatic heterocycles. The standard InChI is InChI=1S/C16H20FNO2/c1-13-10-14(5-6-16(13)17)11-18-7-3-8-19-12-15-4-2-9-20-15/h2,4-6,9-10,18H,3,7-8,11-12H2,1H3. The number of nitrogens with one attached hydrogen (secondary N) is 1. The van der Waals surface area contributed by atoms with Gasteiger partial charge in [0.25, 0.3) is 0 Å². The lowest BCUT2D eigenvalue weighted by molar-refractivity contribution is 0.104. The predicted octanol–water partition coefficient (Wildman–Crippen LogP) is 3.42. The molecule has 1 aromatic carbocycles. The SMILES string of the molecule is Cc1cc(CNCCCOCc2ccco2)ccc1F. The monoisotopic (exact) mass is 277 g/mol. The van der Waals surface area contributed by atoms with E-state index in [4.69, 9.17) is 9.15 Å². The summed E-state index contributed by atoms with van der Waals surface area (Å²) in [6.45, 7) is 4.61. The van der Waals surface area contributed by atoms with Crippen LogP contribution in [0.5, 0.6) is 0 Å². The summed E-state index contributed by atoms with van der Waals surface area (Å²) >= 11 is 0. The van der Waals surface area contributed by atoms with Gasteiger partial charge in [0.15, 0.2) is 0 Å². The zero-order chi connectivity index (χ0) is 14.2. The molecule has 0 amide bonds. The van der Waals surface area contributed by atoms with Crippen molar-refractivity contribution in [1.29, 1.82) is 0 Å². The first-order valence-corrected chi connectivity index (χ1v) is 6.81. The molecule has 4 heteroatoms. The maximum atomic E-state index is 13.1. The van der Waals surface area contributed by atoms with E-state index in [0.717, 1.165) is 30.8 Å². The van der Waals surface area contributed by atoms with Crippen LogP contribution in [-0.2, 0) is 17.9 Å². The smallest absolute Gasteiger partial charge is 0.129 e. The Morgan fingerprint density at radius 1 is 1.30 bits per heavy atom. The number of halogens is 1. The lowest BCUT2D eigenvalue weighted by Crippen LogP contribution is -2.16. The van der Waals surface area contributed by atoms with Crippen LogP contribution < -0.4 is 5.32 Å². The topological polar surface area (TPSA) is 34.4 Å². The Morgan fingerprint density at radius 3 is 2.95 bits per heavy atom. The van der Waals surface area contributed by atoms with Crippen LogP contribution in [-0.4, -0.2) is 13.2 Å². The van der Waals surface area contributed by atoms with Crippen molar-refractivity contribution in [2.75, 3.05) is 13.2 Å². The van der Waals surface area contributed by atoms with E-state index in [1.807, 2.05) is 24.3 Å². The van der Waals surface area contributed by atoms with E-state index < -0.39 is 0 Å². The van der Waals surface area contributed by atoms with Crippen molar-refractivity contribution in [2.24, 2.45) is 0 Å². The molecule has 0 saturated heterocycles. The number of ether oxygens (including phenoxy) is 1. The number of hydrogen-bond donors (Lipinski definition) is 1. The van der Waals surface area contributed by atoms with Crippen LogP contribution in [0.25, 0.3) is 0 Å². The molecule has 1 heterocycles. The van der Waals surface area contributed by atoms with Gasteiger partial charge in [0, 0.05) is 13.2 Å². The van der Waals surface area contributed by atoms with Crippen molar-refractivity contribution in [2.45, 2.75) is 26.5 Å². The summed E-state index contributed by atoms with van der Waals surface area (Å²) in [6, 6.07) is 8.94. The number of aryl methyl sites for hydroxylation is 1. The second-order valence-corrected chi connectivity index (χ2v) is 4.75. The molecule has 108 valence electrons. The fraction of sp³-hybridized carbons (Fsp3) is 0.375. The molecule has 3 nitrogen and oxygen atoms in total. The number of hydrogen-bond acceptors (Lipinski definition) is 3. The van der Waals surface area contributed by atoms with Crippen LogP contribution in [0.3, 0.4) is 0 Å². The minimum Gasteiger partial charge on any atom is -0.467 e. The highest BCUT2D eigenvalue weighted by Gasteiger charge is 1.99. The molecule has 0 spiro atoms. The minimum absolute atomic E-state index is 0.153. The van der Waals surface area contributed by atoms with Gasteiger partial charge >= 0.3 is 0 Å². The summed E-state index contributed by atoms with van der Waals surface area (Å²) in [4.78, 5) is 0. The summed E-state index contributed by atoms with van der Waals surface area (Å²) in [5, 5.41) is 3.32. The molecular weight excluding hydrogens is 257 g/mol. The Hall–Kier alpha value is -1.65. The van der Waals surface area contributed by atoms with Crippen LogP contribution in [0.1, 0.15) is 23.3 Å². The normalized spacial score (nSPS) is 10.9. The van der Waals surface area contributed by atoms with E-state index in [1.54, 1.807) is 13.2 Å². The van der Waals surface area contributed by atoms with Crippen LogP contribution in [0.4, 0.5) is 4.39 Å². The molecule has 0 radical (unpaired) electrons. The third kappa shape index (κ3) is 4.79. The van der Waals surface area contributed by atoms with E-state index in [-0.39, 0.29) is 5.82 Å². The maximum Gasteiger partial charge on any atom is 0.129 e. The zero-order valence-corrected chi connectivity index (χ0v) is 11.7. The zero-order valence-electron chi connectivity index (χ0n) is 11.7. The van der Waals surface area contributed by atoms with Gasteiger partial charge in [-0.2, -0.15) is 0 Å². The second kappa shape index (κ2) is 7.82. The van der Waals surface area contributed by atoms with Gasteiger partial charge in [-0.15, -0.1) is 0 Å². The molecule has 2 rings (SSSR count). The van der Waals surface area contributed by atoms with Gasteiger partial charge in [0.1, 0.15) is 18.2 Å². The number of benzene rings is 1. The van der Waals surface area contributed by atoms with Gasteiger partial charge in [0.2, 0.25) is 0 Å². The largest absolute Gasteiger partial charge is 0.467 e. The number of rotatable bonds is 8. The Balaban J connectivity index is 1.54.